The molecule has 172 valence electrons. The number of hydrogen-bond acceptors (Lipinski definition) is 4. The molecule has 3 N–H and O–H groups in total. The van der Waals surface area contributed by atoms with E-state index in [0.717, 1.165) is 22.3 Å². The van der Waals surface area contributed by atoms with Gasteiger partial charge < -0.3 is 20.5 Å². The van der Waals surface area contributed by atoms with Gasteiger partial charge in [0.1, 0.15) is 18.1 Å². The molecule has 3 aliphatic rings. The topological polar surface area (TPSA) is 105 Å². The summed E-state index contributed by atoms with van der Waals surface area (Å²) in [5.41, 5.74) is 2.78. The summed E-state index contributed by atoms with van der Waals surface area (Å²) in [5.74, 6) is -8.76. The second-order valence-electron chi connectivity index (χ2n) is 8.84. The van der Waals surface area contributed by atoms with Crippen LogP contribution in [0.4, 0.5) is 13.6 Å². The molecule has 2 saturated carbocycles. The number of fused-ring (bicyclic) bond motifs is 3. The van der Waals surface area contributed by atoms with Crippen molar-refractivity contribution in [2.24, 2.45) is 11.8 Å². The van der Waals surface area contributed by atoms with Crippen molar-refractivity contribution < 1.29 is 33.0 Å². The Morgan fingerprint density at radius 3 is 2.12 bits per heavy atom. The molecule has 0 bridgehead atoms. The number of carbonyl (C=O) groups excluding carboxylic acids is 2. The van der Waals surface area contributed by atoms with E-state index >= 15 is 0 Å². The minimum Gasteiger partial charge on any atom is -0.480 e. The zero-order valence-electron chi connectivity index (χ0n) is 17.5. The van der Waals surface area contributed by atoms with Crippen LogP contribution in [0.1, 0.15) is 29.9 Å². The molecule has 0 spiro atoms. The van der Waals surface area contributed by atoms with Gasteiger partial charge in [-0.05, 0) is 35.1 Å². The van der Waals surface area contributed by atoms with Crippen molar-refractivity contribution in [2.75, 3.05) is 13.2 Å². The van der Waals surface area contributed by atoms with Gasteiger partial charge in [-0.1, -0.05) is 48.5 Å². The summed E-state index contributed by atoms with van der Waals surface area (Å²) in [6.45, 7) is -0.395. The van der Waals surface area contributed by atoms with Gasteiger partial charge >= 0.3 is 12.1 Å². The van der Waals surface area contributed by atoms with Gasteiger partial charge in [-0.15, -0.1) is 0 Å². The summed E-state index contributed by atoms with van der Waals surface area (Å²) in [6.07, 6.45) is -0.410. The van der Waals surface area contributed by atoms with Gasteiger partial charge in [0, 0.05) is 12.5 Å². The number of benzene rings is 2. The Kier molecular flexibility index (Phi) is 4.88. The summed E-state index contributed by atoms with van der Waals surface area (Å²) in [4.78, 5) is 35.6. The van der Waals surface area contributed by atoms with E-state index in [9.17, 15) is 23.2 Å². The van der Waals surface area contributed by atoms with Crippen LogP contribution in [0, 0.1) is 11.8 Å². The van der Waals surface area contributed by atoms with Gasteiger partial charge in [-0.25, -0.2) is 18.4 Å². The lowest BCUT2D eigenvalue weighted by molar-refractivity contribution is -0.143. The molecular weight excluding hydrogens is 434 g/mol. The molecule has 0 aromatic heterocycles. The van der Waals surface area contributed by atoms with E-state index in [2.05, 4.69) is 10.6 Å². The van der Waals surface area contributed by atoms with Gasteiger partial charge in [-0.3, -0.25) is 4.79 Å². The molecule has 0 aliphatic heterocycles. The van der Waals surface area contributed by atoms with E-state index in [-0.39, 0.29) is 25.4 Å². The Hall–Kier alpha value is -3.49. The van der Waals surface area contributed by atoms with Gasteiger partial charge in [0.05, 0.1) is 5.92 Å². The van der Waals surface area contributed by atoms with Crippen molar-refractivity contribution in [3.8, 4) is 11.1 Å². The number of ether oxygens (including phenoxy) is 1. The quantitative estimate of drug-likeness (QED) is 0.594. The Morgan fingerprint density at radius 1 is 1.00 bits per heavy atom. The minimum absolute atomic E-state index is 0.0476. The van der Waals surface area contributed by atoms with E-state index in [4.69, 9.17) is 9.84 Å². The number of carboxylic acids is 1. The summed E-state index contributed by atoms with van der Waals surface area (Å²) in [6, 6.07) is 15.7. The fraction of sp³-hybridized carbons (Fsp3) is 0.375. The number of halogens is 2. The summed E-state index contributed by atoms with van der Waals surface area (Å²) in [5, 5.41) is 13.7. The van der Waals surface area contributed by atoms with Crippen LogP contribution in [0.2, 0.25) is 0 Å². The third-order valence-corrected chi connectivity index (χ3v) is 6.82. The fourth-order valence-electron chi connectivity index (χ4n) is 4.68. The number of rotatable bonds is 7. The first-order chi connectivity index (χ1) is 15.7. The second kappa shape index (κ2) is 7.54. The van der Waals surface area contributed by atoms with E-state index < -0.39 is 47.8 Å². The number of carbonyl (C=O) groups is 3. The van der Waals surface area contributed by atoms with Crippen LogP contribution in [-0.2, 0) is 14.3 Å². The summed E-state index contributed by atoms with van der Waals surface area (Å²) in [7, 11) is 0. The average molecular weight is 456 g/mol. The Labute approximate surface area is 188 Å². The molecule has 0 saturated heterocycles. The molecular formula is C24H22F2N2O5. The van der Waals surface area contributed by atoms with Crippen LogP contribution in [0.15, 0.2) is 48.5 Å². The molecule has 5 rings (SSSR count). The van der Waals surface area contributed by atoms with Crippen LogP contribution in [-0.4, -0.2) is 47.7 Å². The first-order valence-electron chi connectivity index (χ1n) is 10.8. The van der Waals surface area contributed by atoms with Gasteiger partial charge in [0.15, 0.2) is 0 Å². The summed E-state index contributed by atoms with van der Waals surface area (Å²) >= 11 is 0. The van der Waals surface area contributed by atoms with Crippen LogP contribution >= 0.6 is 0 Å². The Bertz CT molecular complexity index is 1100. The van der Waals surface area contributed by atoms with Crippen molar-refractivity contribution in [3.63, 3.8) is 0 Å². The molecule has 2 aromatic carbocycles. The maximum Gasteiger partial charge on any atom is 0.407 e. The number of aliphatic carboxylic acids is 1. The predicted octanol–water partition coefficient (Wildman–Crippen LogP) is 3.14. The molecule has 9 heteroatoms. The highest BCUT2D eigenvalue weighted by molar-refractivity contribution is 5.92. The molecule has 33 heavy (non-hydrogen) atoms. The molecule has 3 aliphatic carbocycles. The molecule has 2 unspecified atom stereocenters. The van der Waals surface area contributed by atoms with Crippen molar-refractivity contribution >= 4 is 18.0 Å². The fourth-order valence-corrected chi connectivity index (χ4v) is 4.68. The molecule has 2 atom stereocenters. The highest BCUT2D eigenvalue weighted by Gasteiger charge is 2.72. The zero-order chi connectivity index (χ0) is 23.4. The first kappa shape index (κ1) is 21.4. The third kappa shape index (κ3) is 3.61. The first-order valence-corrected chi connectivity index (χ1v) is 10.8. The highest BCUT2D eigenvalue weighted by Crippen LogP contribution is 2.55. The lowest BCUT2D eigenvalue weighted by atomic mass is 9.98. The van der Waals surface area contributed by atoms with Crippen LogP contribution < -0.4 is 10.6 Å². The lowest BCUT2D eigenvalue weighted by Gasteiger charge is -2.14. The standard InChI is InChI=1S/C24H22F2N2O5/c25-24(26)18(19(24)20(29)28-23(9-10-23)21(30)31)11-27-22(32)33-12-17-15-7-3-1-5-13(15)14-6-2-4-8-16(14)17/h1-8,17-19H,9-12H2,(H,27,32)(H,28,29)(H,30,31). The monoisotopic (exact) mass is 456 g/mol. The second-order valence-corrected chi connectivity index (χ2v) is 8.84. The normalized spacial score (nSPS) is 23.1. The number of alkyl halides is 2. The number of hydrogen-bond donors (Lipinski definition) is 3. The Morgan fingerprint density at radius 2 is 1.58 bits per heavy atom. The van der Waals surface area contributed by atoms with Gasteiger partial charge in [-0.2, -0.15) is 0 Å². The summed E-state index contributed by atoms with van der Waals surface area (Å²) < 4.78 is 33.6. The van der Waals surface area contributed by atoms with Crippen molar-refractivity contribution in [1.82, 2.24) is 10.6 Å². The van der Waals surface area contributed by atoms with Crippen molar-refractivity contribution in [2.45, 2.75) is 30.2 Å². The van der Waals surface area contributed by atoms with Crippen molar-refractivity contribution in [1.29, 1.82) is 0 Å². The zero-order valence-corrected chi connectivity index (χ0v) is 17.5. The molecule has 0 heterocycles. The third-order valence-electron chi connectivity index (χ3n) is 6.82. The van der Waals surface area contributed by atoms with Gasteiger partial charge in [0.25, 0.3) is 5.92 Å². The van der Waals surface area contributed by atoms with Crippen LogP contribution in [0.25, 0.3) is 11.1 Å². The number of alkyl carbamates (subject to hydrolysis) is 1. The van der Waals surface area contributed by atoms with E-state index in [0.29, 0.717) is 0 Å². The van der Waals surface area contributed by atoms with E-state index in [1.165, 1.54) is 0 Å². The SMILES string of the molecule is O=C(NCC1C(C(=O)NC2(C(=O)O)CC2)C1(F)F)OCC1c2ccccc2-c2ccccc21. The number of nitrogens with one attached hydrogen (secondary N) is 2. The largest absolute Gasteiger partial charge is 0.480 e. The van der Waals surface area contributed by atoms with Crippen LogP contribution in [0.3, 0.4) is 0 Å². The lowest BCUT2D eigenvalue weighted by Crippen LogP contribution is -2.44. The molecule has 2 amide bonds. The number of carboxylic acid groups (broad SMARTS) is 1. The maximum absolute atomic E-state index is 14.1. The number of amides is 2. The van der Waals surface area contributed by atoms with E-state index in [1.54, 1.807) is 0 Å². The average Bonchev–Trinajstić information content (AvgIpc) is 3.65. The van der Waals surface area contributed by atoms with Crippen LogP contribution in [0.5, 0.6) is 0 Å². The predicted molar refractivity (Wildman–Crippen MR) is 113 cm³/mol. The van der Waals surface area contributed by atoms with E-state index in [1.807, 2.05) is 48.5 Å². The molecule has 2 fully saturated rings. The smallest absolute Gasteiger partial charge is 0.407 e. The molecule has 0 radical (unpaired) electrons. The Balaban J connectivity index is 1.16. The maximum atomic E-state index is 14.1. The minimum atomic E-state index is -3.31. The molecule has 7 nitrogen and oxygen atoms in total. The molecule has 2 aromatic rings. The van der Waals surface area contributed by atoms with Gasteiger partial charge in [0.2, 0.25) is 5.91 Å². The van der Waals surface area contributed by atoms with Crippen molar-refractivity contribution in [3.05, 3.63) is 59.7 Å². The highest BCUT2D eigenvalue weighted by atomic mass is 19.3.